The summed E-state index contributed by atoms with van der Waals surface area (Å²) in [5.74, 6) is 0.180. The van der Waals surface area contributed by atoms with Crippen LogP contribution in [0.1, 0.15) is 26.3 Å². The number of rotatable bonds is 9. The second kappa shape index (κ2) is 12.1. The lowest BCUT2D eigenvalue weighted by Crippen LogP contribution is -2.49. The van der Waals surface area contributed by atoms with Gasteiger partial charge in [-0.15, -0.1) is 0 Å². The first kappa shape index (κ1) is 27.3. The first-order valence-corrected chi connectivity index (χ1v) is 11.8. The highest BCUT2D eigenvalue weighted by atomic mass is 19.4. The van der Waals surface area contributed by atoms with Gasteiger partial charge in [-0.2, -0.15) is 23.0 Å². The van der Waals surface area contributed by atoms with Crippen molar-refractivity contribution in [1.82, 2.24) is 14.7 Å². The third-order valence-electron chi connectivity index (χ3n) is 5.43. The van der Waals surface area contributed by atoms with E-state index in [1.165, 1.54) is 18.3 Å². The average Bonchev–Trinajstić information content (AvgIpc) is 2.85. The second-order valence-corrected chi connectivity index (χ2v) is 8.61. The normalized spacial score (nSPS) is 14.3. The van der Waals surface area contributed by atoms with Gasteiger partial charge in [0.1, 0.15) is 12.3 Å². The van der Waals surface area contributed by atoms with Crippen LogP contribution < -0.4 is 15.2 Å². The number of carbonyl (C=O) groups is 1. The quantitative estimate of drug-likeness (QED) is 0.475. The number of hydrogen-bond acceptors (Lipinski definition) is 7. The van der Waals surface area contributed by atoms with Gasteiger partial charge < -0.3 is 24.0 Å². The minimum atomic E-state index is -4.56. The van der Waals surface area contributed by atoms with E-state index in [9.17, 15) is 22.8 Å². The van der Waals surface area contributed by atoms with Crippen LogP contribution in [0.4, 0.5) is 23.7 Å². The smallest absolute Gasteiger partial charge is 0.416 e. The highest BCUT2D eigenvalue weighted by Gasteiger charge is 2.31. The summed E-state index contributed by atoms with van der Waals surface area (Å²) in [5, 5.41) is 4.13. The van der Waals surface area contributed by atoms with Gasteiger partial charge in [0.25, 0.3) is 0 Å². The Balaban J connectivity index is 1.85. The Hall–Kier alpha value is -3.28. The molecule has 0 unspecified atom stereocenters. The molecule has 12 heteroatoms. The lowest BCUT2D eigenvalue weighted by Gasteiger charge is -2.35. The summed E-state index contributed by atoms with van der Waals surface area (Å²) in [4.78, 5) is 29.0. The summed E-state index contributed by atoms with van der Waals surface area (Å²) in [7, 11) is 0. The minimum absolute atomic E-state index is 0.0336. The number of aromatic nitrogens is 2. The molecule has 0 bridgehead atoms. The molecule has 3 rings (SSSR count). The Kier molecular flexibility index (Phi) is 9.19. The Morgan fingerprint density at radius 1 is 1.14 bits per heavy atom. The molecule has 1 fully saturated rings. The molecule has 1 aromatic heterocycles. The second-order valence-electron chi connectivity index (χ2n) is 8.61. The standard InChI is InChI=1S/C24H31F3N4O5/c1-4-34-12-13-35-21-20(29-8-10-30(11-9-29)23(33)36-16-17(2)3)15-28-31(22(21)32)19-7-5-6-18(14-19)24(25,26)27/h5-7,14-15,17H,4,8-13,16H2,1-3H3. The fraction of sp³-hybridized carbons (Fsp3) is 0.542. The molecular formula is C24H31F3N4O5. The van der Waals surface area contributed by atoms with Crippen LogP contribution in [-0.2, 0) is 15.7 Å². The van der Waals surface area contributed by atoms with Crippen LogP contribution in [0.5, 0.6) is 5.75 Å². The summed E-state index contributed by atoms with van der Waals surface area (Å²) in [6, 6.07) is 4.37. The maximum Gasteiger partial charge on any atom is 0.416 e. The van der Waals surface area contributed by atoms with E-state index in [0.29, 0.717) is 45.1 Å². The molecule has 2 heterocycles. The van der Waals surface area contributed by atoms with Crippen LogP contribution in [-0.4, -0.2) is 73.4 Å². The zero-order valence-corrected chi connectivity index (χ0v) is 20.6. The Morgan fingerprint density at radius 2 is 1.86 bits per heavy atom. The van der Waals surface area contributed by atoms with Gasteiger partial charge in [-0.1, -0.05) is 19.9 Å². The first-order valence-electron chi connectivity index (χ1n) is 11.8. The van der Waals surface area contributed by atoms with Crippen LogP contribution >= 0.6 is 0 Å². The third kappa shape index (κ3) is 6.90. The van der Waals surface area contributed by atoms with E-state index in [4.69, 9.17) is 14.2 Å². The molecule has 36 heavy (non-hydrogen) atoms. The molecular weight excluding hydrogens is 481 g/mol. The van der Waals surface area contributed by atoms with E-state index in [1.807, 2.05) is 25.7 Å². The summed E-state index contributed by atoms with van der Waals surface area (Å²) < 4.78 is 56.8. The SMILES string of the molecule is CCOCCOc1c(N2CCN(C(=O)OCC(C)C)CC2)cnn(-c2cccc(C(F)(F)F)c2)c1=O. The van der Waals surface area contributed by atoms with Gasteiger partial charge in [0.15, 0.2) is 0 Å². The minimum Gasteiger partial charge on any atom is -0.484 e. The number of carbonyl (C=O) groups excluding carboxylic acids is 1. The van der Waals surface area contributed by atoms with Crippen LogP contribution in [0.2, 0.25) is 0 Å². The van der Waals surface area contributed by atoms with Crippen molar-refractivity contribution in [1.29, 1.82) is 0 Å². The van der Waals surface area contributed by atoms with Crippen molar-refractivity contribution in [2.75, 3.05) is 57.5 Å². The van der Waals surface area contributed by atoms with Gasteiger partial charge in [-0.3, -0.25) is 4.79 Å². The predicted molar refractivity (Wildman–Crippen MR) is 127 cm³/mol. The maximum atomic E-state index is 13.3. The van der Waals surface area contributed by atoms with Crippen LogP contribution in [0.15, 0.2) is 35.3 Å². The molecule has 1 aliphatic rings. The van der Waals surface area contributed by atoms with E-state index in [1.54, 1.807) is 4.90 Å². The van der Waals surface area contributed by atoms with Crippen molar-refractivity contribution >= 4 is 11.8 Å². The molecule has 1 saturated heterocycles. The third-order valence-corrected chi connectivity index (χ3v) is 5.43. The molecule has 0 atom stereocenters. The molecule has 1 aliphatic heterocycles. The number of piperazine rings is 1. The van der Waals surface area contributed by atoms with Crippen molar-refractivity contribution < 1.29 is 32.2 Å². The van der Waals surface area contributed by atoms with Crippen molar-refractivity contribution in [2.24, 2.45) is 5.92 Å². The van der Waals surface area contributed by atoms with E-state index in [0.717, 1.165) is 16.8 Å². The molecule has 0 spiro atoms. The largest absolute Gasteiger partial charge is 0.484 e. The van der Waals surface area contributed by atoms with Gasteiger partial charge in [0.05, 0.1) is 30.7 Å². The number of amides is 1. The highest BCUT2D eigenvalue weighted by Crippen LogP contribution is 2.31. The van der Waals surface area contributed by atoms with Gasteiger partial charge in [-0.05, 0) is 31.0 Å². The van der Waals surface area contributed by atoms with Crippen LogP contribution in [0, 0.1) is 5.92 Å². The Morgan fingerprint density at radius 3 is 2.50 bits per heavy atom. The summed E-state index contributed by atoms with van der Waals surface area (Å²) in [5.41, 5.74) is -1.22. The van der Waals surface area contributed by atoms with Crippen molar-refractivity contribution in [3.63, 3.8) is 0 Å². The number of alkyl halides is 3. The molecule has 0 aliphatic carbocycles. The molecule has 0 saturated carbocycles. The van der Waals surface area contributed by atoms with E-state index >= 15 is 0 Å². The topological polar surface area (TPSA) is 86.1 Å². The molecule has 0 radical (unpaired) electrons. The highest BCUT2D eigenvalue weighted by molar-refractivity contribution is 5.68. The summed E-state index contributed by atoms with van der Waals surface area (Å²) >= 11 is 0. The fourth-order valence-electron chi connectivity index (χ4n) is 3.59. The van der Waals surface area contributed by atoms with E-state index in [-0.39, 0.29) is 30.6 Å². The van der Waals surface area contributed by atoms with Crippen molar-refractivity contribution in [2.45, 2.75) is 26.9 Å². The van der Waals surface area contributed by atoms with Gasteiger partial charge in [-0.25, -0.2) is 4.79 Å². The predicted octanol–water partition coefficient (Wildman–Crippen LogP) is 3.58. The number of ether oxygens (including phenoxy) is 3. The average molecular weight is 513 g/mol. The molecule has 0 N–H and O–H groups in total. The van der Waals surface area contributed by atoms with Gasteiger partial charge >= 0.3 is 17.8 Å². The molecule has 1 aromatic carbocycles. The number of benzene rings is 1. The number of anilines is 1. The lowest BCUT2D eigenvalue weighted by molar-refractivity contribution is -0.137. The van der Waals surface area contributed by atoms with Gasteiger partial charge in [0.2, 0.25) is 5.75 Å². The first-order chi connectivity index (χ1) is 17.1. The molecule has 2 aromatic rings. The summed E-state index contributed by atoms with van der Waals surface area (Å²) in [6.45, 7) is 8.36. The van der Waals surface area contributed by atoms with Gasteiger partial charge in [0, 0.05) is 32.8 Å². The molecule has 9 nitrogen and oxygen atoms in total. The van der Waals surface area contributed by atoms with Crippen LogP contribution in [0.3, 0.4) is 0 Å². The Bertz CT molecular complexity index is 1080. The van der Waals surface area contributed by atoms with Crippen molar-refractivity contribution in [3.8, 4) is 11.4 Å². The van der Waals surface area contributed by atoms with E-state index < -0.39 is 23.4 Å². The molecule has 1 amide bonds. The number of halogens is 3. The number of nitrogens with zero attached hydrogens (tertiary/aromatic N) is 4. The zero-order chi connectivity index (χ0) is 26.3. The Labute approximate surface area is 207 Å². The monoisotopic (exact) mass is 512 g/mol. The maximum absolute atomic E-state index is 13.3. The zero-order valence-electron chi connectivity index (χ0n) is 20.6. The summed E-state index contributed by atoms with van der Waals surface area (Å²) in [6.07, 6.45) is -3.56. The molecule has 198 valence electrons. The van der Waals surface area contributed by atoms with E-state index in [2.05, 4.69) is 5.10 Å². The lowest BCUT2D eigenvalue weighted by atomic mass is 10.2. The number of hydrogen-bond donors (Lipinski definition) is 0. The fourth-order valence-corrected chi connectivity index (χ4v) is 3.59. The van der Waals surface area contributed by atoms with Crippen LogP contribution in [0.25, 0.3) is 5.69 Å². The van der Waals surface area contributed by atoms with Crippen molar-refractivity contribution in [3.05, 3.63) is 46.4 Å².